The second kappa shape index (κ2) is 5.49. The Balaban J connectivity index is 1.64. The quantitative estimate of drug-likeness (QED) is 0.854. The highest BCUT2D eigenvalue weighted by Gasteiger charge is 2.38. The molecule has 0 aliphatic carbocycles. The Bertz CT molecular complexity index is 476. The maximum Gasteiger partial charge on any atom is 0.246 e. The Morgan fingerprint density at radius 2 is 1.90 bits per heavy atom. The summed E-state index contributed by atoms with van der Waals surface area (Å²) in [6.07, 6.45) is 0.240. The van der Waals surface area contributed by atoms with Crippen LogP contribution in [-0.4, -0.2) is 37.9 Å². The monoisotopic (exact) mass is 278 g/mol. The minimum atomic E-state index is -0.920. The van der Waals surface area contributed by atoms with Crippen LogP contribution in [-0.2, 0) is 19.0 Å². The predicted molar refractivity (Wildman–Crippen MR) is 72.1 cm³/mol. The van der Waals surface area contributed by atoms with Crippen LogP contribution in [0.4, 0.5) is 5.69 Å². The molecule has 1 unspecified atom stereocenters. The highest BCUT2D eigenvalue weighted by molar-refractivity contribution is 5.98. The van der Waals surface area contributed by atoms with Crippen LogP contribution in [0.5, 0.6) is 0 Å². The van der Waals surface area contributed by atoms with E-state index in [-0.39, 0.29) is 18.8 Å². The Kier molecular flexibility index (Phi) is 3.71. The van der Waals surface area contributed by atoms with Gasteiger partial charge in [0.25, 0.3) is 0 Å². The smallest absolute Gasteiger partial charge is 0.246 e. The number of benzene rings is 1. The molecule has 2 heterocycles. The van der Waals surface area contributed by atoms with E-state index < -0.39 is 5.54 Å². The van der Waals surface area contributed by atoms with E-state index >= 15 is 0 Å². The number of nitrogens with one attached hydrogen (secondary N) is 1. The lowest BCUT2D eigenvalue weighted by Crippen LogP contribution is -2.51. The van der Waals surface area contributed by atoms with Gasteiger partial charge < -0.3 is 25.3 Å². The van der Waals surface area contributed by atoms with E-state index in [2.05, 4.69) is 5.32 Å². The Morgan fingerprint density at radius 3 is 2.50 bits per heavy atom. The van der Waals surface area contributed by atoms with E-state index in [0.29, 0.717) is 31.9 Å². The molecule has 1 aromatic rings. The van der Waals surface area contributed by atoms with Crippen molar-refractivity contribution in [3.05, 3.63) is 29.8 Å². The summed E-state index contributed by atoms with van der Waals surface area (Å²) in [5, 5.41) is 2.82. The summed E-state index contributed by atoms with van der Waals surface area (Å²) in [5.41, 5.74) is 6.72. The van der Waals surface area contributed by atoms with E-state index in [4.69, 9.17) is 19.9 Å². The number of rotatable bonds is 3. The van der Waals surface area contributed by atoms with Crippen molar-refractivity contribution in [2.24, 2.45) is 5.73 Å². The van der Waals surface area contributed by atoms with Crippen molar-refractivity contribution < 1.29 is 19.0 Å². The van der Waals surface area contributed by atoms with Gasteiger partial charge >= 0.3 is 0 Å². The Hall–Kier alpha value is -1.47. The van der Waals surface area contributed by atoms with Gasteiger partial charge in [-0.2, -0.15) is 0 Å². The first-order chi connectivity index (χ1) is 9.67. The van der Waals surface area contributed by atoms with Crippen LogP contribution in [0.3, 0.4) is 0 Å². The number of nitrogens with two attached hydrogens (primary N) is 1. The number of ether oxygens (including phenoxy) is 3. The van der Waals surface area contributed by atoms with Gasteiger partial charge in [0.1, 0.15) is 5.54 Å². The first kappa shape index (κ1) is 13.5. The first-order valence-electron chi connectivity index (χ1n) is 6.69. The molecule has 3 rings (SSSR count). The molecule has 1 aromatic carbocycles. The molecule has 108 valence electrons. The van der Waals surface area contributed by atoms with Gasteiger partial charge in [0, 0.05) is 17.9 Å². The molecule has 2 fully saturated rings. The van der Waals surface area contributed by atoms with Crippen LogP contribution in [0.15, 0.2) is 24.3 Å². The molecule has 0 spiro atoms. The molecule has 0 bridgehead atoms. The average Bonchev–Trinajstić information content (AvgIpc) is 3.11. The van der Waals surface area contributed by atoms with Crippen molar-refractivity contribution in [1.29, 1.82) is 0 Å². The van der Waals surface area contributed by atoms with Gasteiger partial charge in [-0.05, 0) is 18.6 Å². The van der Waals surface area contributed by atoms with Crippen LogP contribution in [0, 0.1) is 0 Å². The molecule has 0 aromatic heterocycles. The topological polar surface area (TPSA) is 82.8 Å². The average molecular weight is 278 g/mol. The molecule has 6 nitrogen and oxygen atoms in total. The van der Waals surface area contributed by atoms with Crippen molar-refractivity contribution >= 4 is 11.6 Å². The maximum absolute atomic E-state index is 12.1. The summed E-state index contributed by atoms with van der Waals surface area (Å²) in [6.45, 7) is 2.01. The van der Waals surface area contributed by atoms with Gasteiger partial charge in [-0.15, -0.1) is 0 Å². The standard InChI is InChI=1S/C14H18N2O4/c15-14(5-6-18-9-14)13(17)16-11-3-1-10(2-4-11)12-19-7-8-20-12/h1-4,12H,5-9,15H2,(H,16,17). The summed E-state index contributed by atoms with van der Waals surface area (Å²) in [7, 11) is 0. The zero-order valence-corrected chi connectivity index (χ0v) is 11.1. The molecule has 2 aliphatic heterocycles. The molecule has 1 amide bonds. The lowest BCUT2D eigenvalue weighted by Gasteiger charge is -2.20. The lowest BCUT2D eigenvalue weighted by atomic mass is 9.99. The molecule has 0 saturated carbocycles. The van der Waals surface area contributed by atoms with Crippen LogP contribution in [0.25, 0.3) is 0 Å². The zero-order valence-electron chi connectivity index (χ0n) is 11.1. The Labute approximate surface area is 117 Å². The van der Waals surface area contributed by atoms with E-state index in [1.807, 2.05) is 24.3 Å². The summed E-state index contributed by atoms with van der Waals surface area (Å²) in [6, 6.07) is 7.38. The van der Waals surface area contributed by atoms with E-state index in [0.717, 1.165) is 5.56 Å². The van der Waals surface area contributed by atoms with E-state index in [1.165, 1.54) is 0 Å². The van der Waals surface area contributed by atoms with E-state index in [9.17, 15) is 4.79 Å². The summed E-state index contributed by atoms with van der Waals surface area (Å²) in [4.78, 5) is 12.1. The molecule has 2 aliphatic rings. The molecule has 2 saturated heterocycles. The van der Waals surface area contributed by atoms with Crippen molar-refractivity contribution in [2.45, 2.75) is 18.2 Å². The van der Waals surface area contributed by atoms with Crippen LogP contribution in [0.1, 0.15) is 18.3 Å². The number of carbonyl (C=O) groups excluding carboxylic acids is 1. The number of hydrogen-bond acceptors (Lipinski definition) is 5. The van der Waals surface area contributed by atoms with Gasteiger partial charge in [0.15, 0.2) is 6.29 Å². The molecule has 0 radical (unpaired) electrons. The third kappa shape index (κ3) is 2.69. The highest BCUT2D eigenvalue weighted by atomic mass is 16.7. The lowest BCUT2D eigenvalue weighted by molar-refractivity contribution is -0.121. The fraction of sp³-hybridized carbons (Fsp3) is 0.500. The van der Waals surface area contributed by atoms with E-state index in [1.54, 1.807) is 0 Å². The second-order valence-corrected chi connectivity index (χ2v) is 5.11. The SMILES string of the molecule is NC1(C(=O)Nc2ccc(C3OCCO3)cc2)CCOC1. The van der Waals surface area contributed by atoms with Crippen LogP contribution < -0.4 is 11.1 Å². The number of amides is 1. The third-order valence-electron chi connectivity index (χ3n) is 3.57. The fourth-order valence-corrected chi connectivity index (χ4v) is 2.29. The molecule has 20 heavy (non-hydrogen) atoms. The molecular weight excluding hydrogens is 260 g/mol. The first-order valence-corrected chi connectivity index (χ1v) is 6.69. The highest BCUT2D eigenvalue weighted by Crippen LogP contribution is 2.25. The van der Waals surface area contributed by atoms with Crippen molar-refractivity contribution in [3.63, 3.8) is 0 Å². The minimum Gasteiger partial charge on any atom is -0.379 e. The normalized spacial score (nSPS) is 26.9. The number of hydrogen-bond donors (Lipinski definition) is 2. The van der Waals surface area contributed by atoms with Crippen LogP contribution >= 0.6 is 0 Å². The minimum absolute atomic E-state index is 0.212. The maximum atomic E-state index is 12.1. The van der Waals surface area contributed by atoms with Gasteiger partial charge in [-0.3, -0.25) is 4.79 Å². The molecular formula is C14H18N2O4. The van der Waals surface area contributed by atoms with Gasteiger partial charge in [-0.1, -0.05) is 12.1 Å². The molecule has 3 N–H and O–H groups in total. The summed E-state index contributed by atoms with van der Waals surface area (Å²) < 4.78 is 16.0. The number of anilines is 1. The van der Waals surface area contributed by atoms with Gasteiger partial charge in [-0.25, -0.2) is 0 Å². The van der Waals surface area contributed by atoms with Gasteiger partial charge in [0.05, 0.1) is 19.8 Å². The second-order valence-electron chi connectivity index (χ2n) is 5.11. The fourth-order valence-electron chi connectivity index (χ4n) is 2.29. The predicted octanol–water partition coefficient (Wildman–Crippen LogP) is 0.788. The third-order valence-corrected chi connectivity index (χ3v) is 3.57. The zero-order chi connectivity index (χ0) is 14.0. The number of carbonyl (C=O) groups is 1. The molecule has 6 heteroatoms. The van der Waals surface area contributed by atoms with Crippen LogP contribution in [0.2, 0.25) is 0 Å². The Morgan fingerprint density at radius 1 is 1.20 bits per heavy atom. The van der Waals surface area contributed by atoms with Crippen molar-refractivity contribution in [3.8, 4) is 0 Å². The van der Waals surface area contributed by atoms with Crippen molar-refractivity contribution in [1.82, 2.24) is 0 Å². The van der Waals surface area contributed by atoms with Gasteiger partial charge in [0.2, 0.25) is 5.91 Å². The largest absolute Gasteiger partial charge is 0.379 e. The molecule has 1 atom stereocenters. The van der Waals surface area contributed by atoms with Crippen molar-refractivity contribution in [2.75, 3.05) is 31.7 Å². The summed E-state index contributed by atoms with van der Waals surface area (Å²) >= 11 is 0. The summed E-state index contributed by atoms with van der Waals surface area (Å²) in [5.74, 6) is -0.212.